The molecule has 1 heterocycles. The molecule has 0 spiro atoms. The molecule has 0 aliphatic heterocycles. The molecule has 1 aromatic carbocycles. The van der Waals surface area contributed by atoms with Gasteiger partial charge in [-0.1, -0.05) is 12.1 Å². The smallest absolute Gasteiger partial charge is 0.267 e. The molecule has 1 amide bonds. The molecule has 6 heteroatoms. The highest BCUT2D eigenvalue weighted by atomic mass is 16.5. The summed E-state index contributed by atoms with van der Waals surface area (Å²) < 4.78 is 11.1. The average Bonchev–Trinajstić information content (AvgIpc) is 2.43. The molecule has 4 N–H and O–H groups in total. The van der Waals surface area contributed by atoms with Crippen molar-refractivity contribution >= 4 is 11.6 Å². The van der Waals surface area contributed by atoms with Gasteiger partial charge in [0.05, 0.1) is 12.3 Å². The molecule has 0 atom stereocenters. The summed E-state index contributed by atoms with van der Waals surface area (Å²) in [5.74, 6) is 0.511. The van der Waals surface area contributed by atoms with Crippen molar-refractivity contribution in [2.45, 2.75) is 6.92 Å². The van der Waals surface area contributed by atoms with Crippen LogP contribution in [0, 0.1) is 0 Å². The number of ether oxygens (including phenoxy) is 2. The maximum absolute atomic E-state index is 11.1. The summed E-state index contributed by atoms with van der Waals surface area (Å²) in [5.41, 5.74) is 11.4. The molecular formula is C14H15N3O3. The Labute approximate surface area is 116 Å². The highest BCUT2D eigenvalue weighted by Crippen LogP contribution is 2.32. The number of carbonyl (C=O) groups excluding carboxylic acids is 1. The number of hydrogen-bond acceptors (Lipinski definition) is 5. The van der Waals surface area contributed by atoms with Crippen LogP contribution >= 0.6 is 0 Å². The third kappa shape index (κ3) is 2.97. The van der Waals surface area contributed by atoms with Crippen LogP contribution in [0.5, 0.6) is 17.4 Å². The van der Waals surface area contributed by atoms with Crippen LogP contribution in [-0.4, -0.2) is 17.5 Å². The Kier molecular flexibility index (Phi) is 4.05. The summed E-state index contributed by atoms with van der Waals surface area (Å²) in [6.07, 6.45) is 0. The second-order valence-electron chi connectivity index (χ2n) is 3.94. The van der Waals surface area contributed by atoms with Crippen LogP contribution < -0.4 is 20.9 Å². The highest BCUT2D eigenvalue weighted by molar-refractivity contribution is 5.91. The molecule has 6 nitrogen and oxygen atoms in total. The van der Waals surface area contributed by atoms with Gasteiger partial charge in [0.25, 0.3) is 5.91 Å². The predicted molar refractivity (Wildman–Crippen MR) is 74.9 cm³/mol. The van der Waals surface area contributed by atoms with E-state index in [-0.39, 0.29) is 11.6 Å². The number of benzene rings is 1. The minimum absolute atomic E-state index is 0.0862. The fourth-order valence-corrected chi connectivity index (χ4v) is 1.58. The van der Waals surface area contributed by atoms with E-state index in [2.05, 4.69) is 4.98 Å². The molecular weight excluding hydrogens is 258 g/mol. The number of hydrogen-bond donors (Lipinski definition) is 2. The zero-order valence-corrected chi connectivity index (χ0v) is 11.0. The summed E-state index contributed by atoms with van der Waals surface area (Å²) in [4.78, 5) is 15.1. The number of primary amides is 1. The van der Waals surface area contributed by atoms with Gasteiger partial charge < -0.3 is 20.9 Å². The van der Waals surface area contributed by atoms with Gasteiger partial charge in [-0.15, -0.1) is 0 Å². The number of pyridine rings is 1. The maximum Gasteiger partial charge on any atom is 0.267 e. The van der Waals surface area contributed by atoms with E-state index in [1.807, 2.05) is 13.0 Å². The molecule has 2 rings (SSSR count). The minimum Gasteiger partial charge on any atom is -0.490 e. The van der Waals surface area contributed by atoms with Crippen LogP contribution in [0.1, 0.15) is 17.4 Å². The van der Waals surface area contributed by atoms with Crippen LogP contribution in [0.4, 0.5) is 5.69 Å². The fraction of sp³-hybridized carbons (Fsp3) is 0.143. The quantitative estimate of drug-likeness (QED) is 0.867. The number of para-hydroxylation sites is 2. The van der Waals surface area contributed by atoms with Gasteiger partial charge in [-0.3, -0.25) is 4.79 Å². The van der Waals surface area contributed by atoms with Gasteiger partial charge in [0.2, 0.25) is 5.88 Å². The number of rotatable bonds is 5. The second-order valence-corrected chi connectivity index (χ2v) is 3.94. The summed E-state index contributed by atoms with van der Waals surface area (Å²) >= 11 is 0. The Morgan fingerprint density at radius 2 is 1.90 bits per heavy atom. The number of anilines is 1. The molecule has 104 valence electrons. The lowest BCUT2D eigenvalue weighted by molar-refractivity contribution is 0.0995. The lowest BCUT2D eigenvalue weighted by atomic mass is 10.3. The molecule has 0 aliphatic carbocycles. The first-order valence-corrected chi connectivity index (χ1v) is 6.07. The van der Waals surface area contributed by atoms with E-state index in [9.17, 15) is 4.79 Å². The van der Waals surface area contributed by atoms with Crippen molar-refractivity contribution in [1.82, 2.24) is 4.98 Å². The van der Waals surface area contributed by atoms with E-state index in [1.54, 1.807) is 18.2 Å². The van der Waals surface area contributed by atoms with E-state index in [0.717, 1.165) is 0 Å². The second kappa shape index (κ2) is 5.92. The van der Waals surface area contributed by atoms with Crippen molar-refractivity contribution in [2.75, 3.05) is 12.3 Å². The maximum atomic E-state index is 11.1. The first-order chi connectivity index (χ1) is 9.61. The molecule has 0 fully saturated rings. The zero-order valence-electron chi connectivity index (χ0n) is 11.0. The molecule has 0 radical (unpaired) electrons. The Morgan fingerprint density at radius 3 is 2.55 bits per heavy atom. The van der Waals surface area contributed by atoms with Gasteiger partial charge in [0.15, 0.2) is 11.5 Å². The van der Waals surface area contributed by atoms with Crippen LogP contribution in [-0.2, 0) is 0 Å². The van der Waals surface area contributed by atoms with Gasteiger partial charge in [-0.2, -0.15) is 0 Å². The topological polar surface area (TPSA) is 100 Å². The summed E-state index contributed by atoms with van der Waals surface area (Å²) in [7, 11) is 0. The van der Waals surface area contributed by atoms with Crippen molar-refractivity contribution in [1.29, 1.82) is 0 Å². The summed E-state index contributed by atoms with van der Waals surface area (Å²) in [6.45, 7) is 2.38. The molecule has 1 aromatic heterocycles. The molecule has 0 unspecified atom stereocenters. The van der Waals surface area contributed by atoms with E-state index in [0.29, 0.717) is 23.8 Å². The molecule has 2 aromatic rings. The first-order valence-electron chi connectivity index (χ1n) is 6.07. The molecule has 0 saturated carbocycles. The Morgan fingerprint density at radius 1 is 1.20 bits per heavy atom. The standard InChI is InChI=1S/C14H15N3O3/c1-2-19-11-5-3-4-6-12(11)20-14-9(15)7-8-10(17-14)13(16)18/h3-8H,2,15H2,1H3,(H2,16,18). The van der Waals surface area contributed by atoms with Crippen molar-refractivity contribution in [3.63, 3.8) is 0 Å². The van der Waals surface area contributed by atoms with Gasteiger partial charge >= 0.3 is 0 Å². The number of amides is 1. The number of nitrogens with zero attached hydrogens (tertiary/aromatic N) is 1. The predicted octanol–water partition coefficient (Wildman–Crippen LogP) is 1.95. The minimum atomic E-state index is -0.645. The van der Waals surface area contributed by atoms with Gasteiger partial charge in [-0.25, -0.2) is 4.98 Å². The van der Waals surface area contributed by atoms with Crippen molar-refractivity contribution in [3.05, 3.63) is 42.1 Å². The van der Waals surface area contributed by atoms with E-state index in [1.165, 1.54) is 12.1 Å². The number of aromatic nitrogens is 1. The number of nitrogens with two attached hydrogens (primary N) is 2. The Balaban J connectivity index is 2.34. The molecule has 0 aliphatic rings. The third-order valence-electron chi connectivity index (χ3n) is 2.50. The lowest BCUT2D eigenvalue weighted by Gasteiger charge is -2.12. The summed E-state index contributed by atoms with van der Waals surface area (Å²) in [6, 6.07) is 10.1. The van der Waals surface area contributed by atoms with Crippen LogP contribution in [0.2, 0.25) is 0 Å². The molecule has 0 bridgehead atoms. The first kappa shape index (κ1) is 13.7. The Bertz CT molecular complexity index is 629. The number of carbonyl (C=O) groups is 1. The van der Waals surface area contributed by atoms with Crippen molar-refractivity contribution in [2.24, 2.45) is 5.73 Å². The fourth-order valence-electron chi connectivity index (χ4n) is 1.58. The molecule has 0 saturated heterocycles. The summed E-state index contributed by atoms with van der Waals surface area (Å²) in [5, 5.41) is 0. The van der Waals surface area contributed by atoms with Crippen LogP contribution in [0.3, 0.4) is 0 Å². The number of nitrogen functional groups attached to an aromatic ring is 1. The van der Waals surface area contributed by atoms with Gasteiger partial charge in [0.1, 0.15) is 5.69 Å². The van der Waals surface area contributed by atoms with Crippen molar-refractivity contribution in [3.8, 4) is 17.4 Å². The normalized spacial score (nSPS) is 10.1. The van der Waals surface area contributed by atoms with E-state index < -0.39 is 5.91 Å². The molecule has 20 heavy (non-hydrogen) atoms. The van der Waals surface area contributed by atoms with Crippen LogP contribution in [0.25, 0.3) is 0 Å². The van der Waals surface area contributed by atoms with Gasteiger partial charge in [-0.05, 0) is 31.2 Å². The lowest BCUT2D eigenvalue weighted by Crippen LogP contribution is -2.13. The zero-order chi connectivity index (χ0) is 14.5. The van der Waals surface area contributed by atoms with E-state index in [4.69, 9.17) is 20.9 Å². The van der Waals surface area contributed by atoms with Crippen molar-refractivity contribution < 1.29 is 14.3 Å². The SMILES string of the molecule is CCOc1ccccc1Oc1nc(C(N)=O)ccc1N. The van der Waals surface area contributed by atoms with E-state index >= 15 is 0 Å². The third-order valence-corrected chi connectivity index (χ3v) is 2.50. The highest BCUT2D eigenvalue weighted by Gasteiger charge is 2.11. The monoisotopic (exact) mass is 273 g/mol. The van der Waals surface area contributed by atoms with Crippen LogP contribution in [0.15, 0.2) is 36.4 Å². The average molecular weight is 273 g/mol. The largest absolute Gasteiger partial charge is 0.490 e. The van der Waals surface area contributed by atoms with Gasteiger partial charge in [0, 0.05) is 0 Å². The Hall–Kier alpha value is -2.76.